The van der Waals surface area contributed by atoms with E-state index in [9.17, 15) is 0 Å². The smallest absolute Gasteiger partial charge is 0.0162 e. The second-order valence-corrected chi connectivity index (χ2v) is 9.78. The van der Waals surface area contributed by atoms with Gasteiger partial charge in [-0.15, -0.1) is 0 Å². The predicted molar refractivity (Wildman–Crippen MR) is 124 cm³/mol. The molecule has 156 valence electrons. The van der Waals surface area contributed by atoms with Gasteiger partial charge in [-0.3, -0.25) is 0 Å². The van der Waals surface area contributed by atoms with Gasteiger partial charge in [-0.1, -0.05) is 75.9 Å². The van der Waals surface area contributed by atoms with Gasteiger partial charge in [-0.2, -0.15) is 0 Å². The fraction of sp³-hybridized carbons (Fsp3) is 0.714. The second kappa shape index (κ2) is 11.8. The zero-order chi connectivity index (χ0) is 19.6. The van der Waals surface area contributed by atoms with Crippen molar-refractivity contribution in [2.75, 3.05) is 0 Å². The number of allylic oxidation sites excluding steroid dienone is 2. The number of rotatable bonds is 9. The molecule has 0 amide bonds. The number of benzene rings is 1. The minimum absolute atomic E-state index is 0.824. The third kappa shape index (κ3) is 6.78. The second-order valence-electron chi connectivity index (χ2n) is 9.78. The lowest BCUT2D eigenvalue weighted by Crippen LogP contribution is -2.13. The Morgan fingerprint density at radius 1 is 0.750 bits per heavy atom. The standard InChI is InChI=1S/C28H44/c1-3-7-23-11-13-25(14-12-23)9-5-6-10-26-17-21-28(22-18-26)27-19-15-24(8-4-2)16-20-27/h5,9,17-18,21-25,27H,3-4,6-8,10-16,19-20H2,1-2H3/t23-,24-,25-,27-. The number of hydrogen-bond donors (Lipinski definition) is 0. The molecular formula is C28H44. The molecule has 0 aliphatic heterocycles. The molecule has 2 fully saturated rings. The van der Waals surface area contributed by atoms with Gasteiger partial charge in [0.05, 0.1) is 0 Å². The summed E-state index contributed by atoms with van der Waals surface area (Å²) in [5, 5.41) is 0. The zero-order valence-corrected chi connectivity index (χ0v) is 18.7. The molecule has 0 nitrogen and oxygen atoms in total. The normalized spacial score (nSPS) is 28.6. The molecular weight excluding hydrogens is 336 g/mol. The summed E-state index contributed by atoms with van der Waals surface area (Å²) in [4.78, 5) is 0. The number of hydrogen-bond acceptors (Lipinski definition) is 0. The summed E-state index contributed by atoms with van der Waals surface area (Å²) in [6.45, 7) is 4.66. The maximum Gasteiger partial charge on any atom is -0.0162 e. The highest BCUT2D eigenvalue weighted by Crippen LogP contribution is 2.37. The van der Waals surface area contributed by atoms with Crippen molar-refractivity contribution in [3.63, 3.8) is 0 Å². The molecule has 2 aliphatic carbocycles. The van der Waals surface area contributed by atoms with Gasteiger partial charge in [0.2, 0.25) is 0 Å². The fourth-order valence-electron chi connectivity index (χ4n) is 5.77. The lowest BCUT2D eigenvalue weighted by molar-refractivity contribution is 0.294. The van der Waals surface area contributed by atoms with Crippen LogP contribution in [0.25, 0.3) is 0 Å². The molecule has 1 aromatic rings. The molecule has 0 saturated heterocycles. The van der Waals surface area contributed by atoms with Gasteiger partial charge in [-0.25, -0.2) is 0 Å². The van der Waals surface area contributed by atoms with Gasteiger partial charge >= 0.3 is 0 Å². The van der Waals surface area contributed by atoms with Gasteiger partial charge < -0.3 is 0 Å². The fourth-order valence-corrected chi connectivity index (χ4v) is 5.77. The Morgan fingerprint density at radius 3 is 1.89 bits per heavy atom. The molecule has 0 radical (unpaired) electrons. The topological polar surface area (TPSA) is 0 Å². The quantitative estimate of drug-likeness (QED) is 0.375. The monoisotopic (exact) mass is 380 g/mol. The first kappa shape index (κ1) is 21.7. The summed E-state index contributed by atoms with van der Waals surface area (Å²) in [7, 11) is 0. The summed E-state index contributed by atoms with van der Waals surface area (Å²) in [6.07, 6.45) is 24.5. The predicted octanol–water partition coefficient (Wildman–Crippen LogP) is 8.86. The molecule has 0 aromatic heterocycles. The molecule has 1 aromatic carbocycles. The average molecular weight is 381 g/mol. The minimum atomic E-state index is 0.824. The van der Waals surface area contributed by atoms with Crippen molar-refractivity contribution in [1.82, 2.24) is 0 Å². The summed E-state index contributed by atoms with van der Waals surface area (Å²) >= 11 is 0. The van der Waals surface area contributed by atoms with Crippen molar-refractivity contribution in [2.24, 2.45) is 17.8 Å². The Bertz CT molecular complexity index is 550. The van der Waals surface area contributed by atoms with E-state index >= 15 is 0 Å². The van der Waals surface area contributed by atoms with Crippen LogP contribution in [0.1, 0.15) is 114 Å². The van der Waals surface area contributed by atoms with E-state index in [4.69, 9.17) is 0 Å². The van der Waals surface area contributed by atoms with E-state index in [0.29, 0.717) is 0 Å². The van der Waals surface area contributed by atoms with Crippen LogP contribution in [0.4, 0.5) is 0 Å². The highest BCUT2D eigenvalue weighted by atomic mass is 14.3. The Labute approximate surface area is 175 Å². The van der Waals surface area contributed by atoms with E-state index in [-0.39, 0.29) is 0 Å². The largest absolute Gasteiger partial charge is 0.0879 e. The lowest BCUT2D eigenvalue weighted by atomic mass is 9.77. The summed E-state index contributed by atoms with van der Waals surface area (Å²) < 4.78 is 0. The van der Waals surface area contributed by atoms with Gasteiger partial charge in [0, 0.05) is 0 Å². The molecule has 0 bridgehead atoms. The van der Waals surface area contributed by atoms with E-state index < -0.39 is 0 Å². The molecule has 2 aliphatic rings. The van der Waals surface area contributed by atoms with E-state index in [1.807, 2.05) is 0 Å². The summed E-state index contributed by atoms with van der Waals surface area (Å²) in [6, 6.07) is 9.66. The van der Waals surface area contributed by atoms with Crippen molar-refractivity contribution in [1.29, 1.82) is 0 Å². The Hall–Kier alpha value is -1.04. The maximum absolute atomic E-state index is 2.53. The lowest BCUT2D eigenvalue weighted by Gasteiger charge is -2.28. The molecule has 28 heavy (non-hydrogen) atoms. The van der Waals surface area contributed by atoms with Crippen LogP contribution >= 0.6 is 0 Å². The Kier molecular flexibility index (Phi) is 9.16. The van der Waals surface area contributed by atoms with E-state index in [2.05, 4.69) is 50.3 Å². The SMILES string of the molecule is CCC[C@H]1CC[C@H](C=CCCc2ccc([C@H]3CC[C@H](CCC)CC3)cc2)CC1. The van der Waals surface area contributed by atoms with Crippen molar-refractivity contribution in [3.05, 3.63) is 47.5 Å². The van der Waals surface area contributed by atoms with Crippen LogP contribution < -0.4 is 0 Å². The van der Waals surface area contributed by atoms with Crippen LogP contribution in [0.15, 0.2) is 36.4 Å². The van der Waals surface area contributed by atoms with Crippen LogP contribution in [-0.2, 0) is 6.42 Å². The molecule has 0 spiro atoms. The molecule has 3 rings (SSSR count). The molecule has 0 unspecified atom stereocenters. The molecule has 0 N–H and O–H groups in total. The van der Waals surface area contributed by atoms with Crippen LogP contribution in [0, 0.1) is 17.8 Å². The summed E-state index contributed by atoms with van der Waals surface area (Å²) in [5.74, 6) is 3.71. The van der Waals surface area contributed by atoms with Crippen molar-refractivity contribution in [2.45, 2.75) is 110 Å². The van der Waals surface area contributed by atoms with Crippen molar-refractivity contribution < 1.29 is 0 Å². The van der Waals surface area contributed by atoms with E-state index in [1.165, 1.54) is 95.5 Å². The summed E-state index contributed by atoms with van der Waals surface area (Å²) in [5.41, 5.74) is 3.11. The van der Waals surface area contributed by atoms with Crippen molar-refractivity contribution in [3.8, 4) is 0 Å². The Balaban J connectivity index is 1.36. The van der Waals surface area contributed by atoms with Crippen LogP contribution in [-0.4, -0.2) is 0 Å². The van der Waals surface area contributed by atoms with Crippen LogP contribution in [0.5, 0.6) is 0 Å². The van der Waals surface area contributed by atoms with Gasteiger partial charge in [0.25, 0.3) is 0 Å². The minimum Gasteiger partial charge on any atom is -0.0879 e. The van der Waals surface area contributed by atoms with Gasteiger partial charge in [-0.05, 0) is 99.0 Å². The highest BCUT2D eigenvalue weighted by Gasteiger charge is 2.21. The molecule has 0 atom stereocenters. The highest BCUT2D eigenvalue weighted by molar-refractivity contribution is 5.26. The first-order valence-corrected chi connectivity index (χ1v) is 12.5. The van der Waals surface area contributed by atoms with E-state index in [0.717, 1.165) is 23.7 Å². The first-order valence-electron chi connectivity index (χ1n) is 12.5. The number of aryl methyl sites for hydroxylation is 1. The van der Waals surface area contributed by atoms with E-state index in [1.54, 1.807) is 5.56 Å². The third-order valence-electron chi connectivity index (χ3n) is 7.59. The van der Waals surface area contributed by atoms with Crippen LogP contribution in [0.2, 0.25) is 0 Å². The third-order valence-corrected chi connectivity index (χ3v) is 7.59. The van der Waals surface area contributed by atoms with Crippen LogP contribution in [0.3, 0.4) is 0 Å². The van der Waals surface area contributed by atoms with Crippen molar-refractivity contribution >= 4 is 0 Å². The first-order chi connectivity index (χ1) is 13.8. The van der Waals surface area contributed by atoms with Gasteiger partial charge in [0.15, 0.2) is 0 Å². The Morgan fingerprint density at radius 2 is 1.32 bits per heavy atom. The maximum atomic E-state index is 2.53. The molecule has 0 heteroatoms. The molecule has 2 saturated carbocycles. The average Bonchev–Trinajstić information content (AvgIpc) is 2.74. The zero-order valence-electron chi connectivity index (χ0n) is 18.7. The molecule has 0 heterocycles. The van der Waals surface area contributed by atoms with Gasteiger partial charge in [0.1, 0.15) is 0 Å².